The summed E-state index contributed by atoms with van der Waals surface area (Å²) in [4.78, 5) is 14.1. The maximum Gasteiger partial charge on any atom is 0.255 e. The molecule has 1 amide bonds. The largest absolute Gasteiger partial charge is 0.334 e. The summed E-state index contributed by atoms with van der Waals surface area (Å²) in [6.45, 7) is 2.75. The van der Waals surface area contributed by atoms with Crippen molar-refractivity contribution in [1.82, 2.24) is 4.90 Å². The summed E-state index contributed by atoms with van der Waals surface area (Å²) >= 11 is 5.95. The van der Waals surface area contributed by atoms with Crippen molar-refractivity contribution < 1.29 is 9.18 Å². The van der Waals surface area contributed by atoms with Crippen LogP contribution in [-0.2, 0) is 0 Å². The van der Waals surface area contributed by atoms with Crippen LogP contribution in [0, 0.1) is 12.7 Å². The summed E-state index contributed by atoms with van der Waals surface area (Å²) in [7, 11) is 0. The second-order valence-electron chi connectivity index (χ2n) is 4.61. The monoisotopic (exact) mass is 270 g/mol. The van der Waals surface area contributed by atoms with Crippen LogP contribution < -0.4 is 5.73 Å². The normalized spacial score (nSPS) is 19.3. The molecule has 1 fully saturated rings. The van der Waals surface area contributed by atoms with Gasteiger partial charge in [0.2, 0.25) is 0 Å². The fourth-order valence-electron chi connectivity index (χ4n) is 2.32. The predicted octanol–water partition coefficient (Wildman–Crippen LogP) is 2.35. The maximum absolute atomic E-state index is 13.3. The molecule has 1 aromatic carbocycles. The molecule has 1 aliphatic heterocycles. The van der Waals surface area contributed by atoms with E-state index in [2.05, 4.69) is 0 Å². The molecule has 0 radical (unpaired) electrons. The molecule has 1 aromatic rings. The summed E-state index contributed by atoms with van der Waals surface area (Å²) in [5.41, 5.74) is 6.43. The molecule has 0 unspecified atom stereocenters. The summed E-state index contributed by atoms with van der Waals surface area (Å²) in [6.07, 6.45) is 1.87. The van der Waals surface area contributed by atoms with Crippen LogP contribution in [0.4, 0.5) is 4.39 Å². The molecule has 0 spiro atoms. The summed E-state index contributed by atoms with van der Waals surface area (Å²) in [5, 5.41) is 0.158. The Kier molecular flexibility index (Phi) is 3.88. The highest BCUT2D eigenvalue weighted by Crippen LogP contribution is 2.25. The third-order valence-electron chi connectivity index (χ3n) is 3.39. The molecule has 98 valence electrons. The van der Waals surface area contributed by atoms with Crippen molar-refractivity contribution >= 4 is 17.5 Å². The average Bonchev–Trinajstić information content (AvgIpc) is 2.81. The number of likely N-dealkylation sites (tertiary alicyclic amines) is 1. The first-order valence-electron chi connectivity index (χ1n) is 6.01. The zero-order valence-electron chi connectivity index (χ0n) is 10.2. The molecule has 5 heteroatoms. The Bertz CT molecular complexity index is 478. The van der Waals surface area contributed by atoms with Crippen molar-refractivity contribution in [1.29, 1.82) is 0 Å². The fourth-order valence-corrected chi connectivity index (χ4v) is 2.56. The van der Waals surface area contributed by atoms with Gasteiger partial charge in [0.25, 0.3) is 5.91 Å². The third-order valence-corrected chi connectivity index (χ3v) is 3.70. The van der Waals surface area contributed by atoms with E-state index in [1.54, 1.807) is 11.8 Å². The van der Waals surface area contributed by atoms with Crippen molar-refractivity contribution in [3.8, 4) is 0 Å². The van der Waals surface area contributed by atoms with Crippen LogP contribution in [0.5, 0.6) is 0 Å². The molecule has 0 aromatic heterocycles. The SMILES string of the molecule is Cc1cc(C(=O)N2CCC[C@@H]2CN)c(Cl)cc1F. The standard InChI is InChI=1S/C13H16ClFN2O/c1-8-5-10(11(14)6-12(8)15)13(18)17-4-2-3-9(17)7-16/h5-6,9H,2-4,7,16H2,1H3/t9-/m1/s1. The Morgan fingerprint density at radius 2 is 2.33 bits per heavy atom. The van der Waals surface area contributed by atoms with Gasteiger partial charge in [0.1, 0.15) is 5.82 Å². The highest BCUT2D eigenvalue weighted by Gasteiger charge is 2.29. The minimum atomic E-state index is -0.395. The lowest BCUT2D eigenvalue weighted by atomic mass is 10.1. The lowest BCUT2D eigenvalue weighted by Gasteiger charge is -2.24. The van der Waals surface area contributed by atoms with Gasteiger partial charge in [-0.25, -0.2) is 4.39 Å². The number of hydrogen-bond acceptors (Lipinski definition) is 2. The smallest absolute Gasteiger partial charge is 0.255 e. The number of amides is 1. The van der Waals surface area contributed by atoms with E-state index < -0.39 is 5.82 Å². The van der Waals surface area contributed by atoms with Gasteiger partial charge in [-0.05, 0) is 37.5 Å². The van der Waals surface area contributed by atoms with E-state index in [9.17, 15) is 9.18 Å². The average molecular weight is 271 g/mol. The van der Waals surface area contributed by atoms with Gasteiger partial charge >= 0.3 is 0 Å². The first-order valence-corrected chi connectivity index (χ1v) is 6.39. The van der Waals surface area contributed by atoms with E-state index in [0.717, 1.165) is 12.8 Å². The van der Waals surface area contributed by atoms with Gasteiger partial charge in [0.05, 0.1) is 10.6 Å². The highest BCUT2D eigenvalue weighted by molar-refractivity contribution is 6.33. The van der Waals surface area contributed by atoms with Crippen molar-refractivity contribution in [2.75, 3.05) is 13.1 Å². The summed E-state index contributed by atoms with van der Waals surface area (Å²) in [6, 6.07) is 2.77. The van der Waals surface area contributed by atoms with Crippen molar-refractivity contribution in [2.24, 2.45) is 5.73 Å². The first kappa shape index (κ1) is 13.3. The van der Waals surface area contributed by atoms with Crippen LogP contribution in [0.3, 0.4) is 0 Å². The second kappa shape index (κ2) is 5.24. The summed E-state index contributed by atoms with van der Waals surface area (Å²) in [5.74, 6) is -0.551. The molecular formula is C13H16ClFN2O. The Hall–Kier alpha value is -1.13. The molecule has 2 rings (SSSR count). The molecule has 18 heavy (non-hydrogen) atoms. The van der Waals surface area contributed by atoms with Crippen LogP contribution in [0.25, 0.3) is 0 Å². The van der Waals surface area contributed by atoms with Gasteiger partial charge in [-0.15, -0.1) is 0 Å². The lowest BCUT2D eigenvalue weighted by molar-refractivity contribution is 0.0741. The van der Waals surface area contributed by atoms with E-state index in [0.29, 0.717) is 24.2 Å². The molecule has 1 aliphatic rings. The molecule has 2 N–H and O–H groups in total. The molecule has 3 nitrogen and oxygen atoms in total. The van der Waals surface area contributed by atoms with E-state index in [1.807, 2.05) is 0 Å². The second-order valence-corrected chi connectivity index (χ2v) is 5.02. The first-order chi connectivity index (χ1) is 8.54. The molecule has 1 heterocycles. The molecule has 0 bridgehead atoms. The fraction of sp³-hybridized carbons (Fsp3) is 0.462. The van der Waals surface area contributed by atoms with E-state index in [1.165, 1.54) is 12.1 Å². The maximum atomic E-state index is 13.3. The summed E-state index contributed by atoms with van der Waals surface area (Å²) < 4.78 is 13.3. The third kappa shape index (κ3) is 2.35. The van der Waals surface area contributed by atoms with Crippen LogP contribution in [0.2, 0.25) is 5.02 Å². The number of carbonyl (C=O) groups excluding carboxylic acids is 1. The number of aryl methyl sites for hydroxylation is 1. The number of hydrogen-bond donors (Lipinski definition) is 1. The van der Waals surface area contributed by atoms with E-state index in [-0.39, 0.29) is 17.0 Å². The van der Waals surface area contributed by atoms with Crippen LogP contribution in [0.15, 0.2) is 12.1 Å². The quantitative estimate of drug-likeness (QED) is 0.897. The Morgan fingerprint density at radius 1 is 1.61 bits per heavy atom. The number of benzene rings is 1. The van der Waals surface area contributed by atoms with E-state index in [4.69, 9.17) is 17.3 Å². The molecule has 0 saturated carbocycles. The number of rotatable bonds is 2. The molecule has 0 aliphatic carbocycles. The number of nitrogens with zero attached hydrogens (tertiary/aromatic N) is 1. The number of carbonyl (C=O) groups is 1. The Balaban J connectivity index is 2.31. The van der Waals surface area contributed by atoms with Gasteiger partial charge in [0.15, 0.2) is 0 Å². The van der Waals surface area contributed by atoms with Gasteiger partial charge in [-0.1, -0.05) is 11.6 Å². The zero-order chi connectivity index (χ0) is 13.3. The van der Waals surface area contributed by atoms with Crippen molar-refractivity contribution in [2.45, 2.75) is 25.8 Å². The Labute approximate surface area is 111 Å². The van der Waals surface area contributed by atoms with Crippen LogP contribution in [-0.4, -0.2) is 29.9 Å². The van der Waals surface area contributed by atoms with E-state index >= 15 is 0 Å². The molecular weight excluding hydrogens is 255 g/mol. The van der Waals surface area contributed by atoms with Gasteiger partial charge in [0, 0.05) is 19.1 Å². The zero-order valence-corrected chi connectivity index (χ0v) is 11.0. The minimum absolute atomic E-state index is 0.0684. The highest BCUT2D eigenvalue weighted by atomic mass is 35.5. The Morgan fingerprint density at radius 3 is 3.00 bits per heavy atom. The number of nitrogens with two attached hydrogens (primary N) is 1. The topological polar surface area (TPSA) is 46.3 Å². The van der Waals surface area contributed by atoms with Crippen LogP contribution >= 0.6 is 11.6 Å². The van der Waals surface area contributed by atoms with Gasteiger partial charge in [-0.3, -0.25) is 4.79 Å². The lowest BCUT2D eigenvalue weighted by Crippen LogP contribution is -2.40. The van der Waals surface area contributed by atoms with Gasteiger partial charge < -0.3 is 10.6 Å². The van der Waals surface area contributed by atoms with Gasteiger partial charge in [-0.2, -0.15) is 0 Å². The molecule has 1 atom stereocenters. The van der Waals surface area contributed by atoms with Crippen LogP contribution in [0.1, 0.15) is 28.8 Å². The van der Waals surface area contributed by atoms with Crippen molar-refractivity contribution in [3.63, 3.8) is 0 Å². The molecule has 1 saturated heterocycles. The van der Waals surface area contributed by atoms with Crippen molar-refractivity contribution in [3.05, 3.63) is 34.1 Å². The predicted molar refractivity (Wildman–Crippen MR) is 69.3 cm³/mol. The minimum Gasteiger partial charge on any atom is -0.334 e. The number of halogens is 2.